The van der Waals surface area contributed by atoms with Crippen molar-refractivity contribution in [2.24, 2.45) is 7.05 Å². The van der Waals surface area contributed by atoms with Gasteiger partial charge in [0.2, 0.25) is 0 Å². The van der Waals surface area contributed by atoms with Crippen LogP contribution < -0.4 is 5.32 Å². The van der Waals surface area contributed by atoms with Crippen LogP contribution in [0.25, 0.3) is 0 Å². The molecule has 0 fully saturated rings. The number of carbonyl (C=O) groups is 1. The van der Waals surface area contributed by atoms with Crippen molar-refractivity contribution in [3.05, 3.63) is 45.4 Å². The predicted molar refractivity (Wildman–Crippen MR) is 73.0 cm³/mol. The van der Waals surface area contributed by atoms with Crippen LogP contribution in [0.3, 0.4) is 0 Å². The fraction of sp³-hybridized carbons (Fsp3) is 0.0909. The number of halogens is 2. The first kappa shape index (κ1) is 12.3. The number of aromatic nitrogens is 2. The van der Waals surface area contributed by atoms with E-state index >= 15 is 0 Å². The van der Waals surface area contributed by atoms with Crippen LogP contribution in [0.5, 0.6) is 0 Å². The van der Waals surface area contributed by atoms with E-state index in [0.29, 0.717) is 16.0 Å². The zero-order chi connectivity index (χ0) is 12.4. The van der Waals surface area contributed by atoms with Crippen LogP contribution in [0.1, 0.15) is 10.5 Å². The molecule has 0 aliphatic heterocycles. The molecule has 0 saturated heterocycles. The highest BCUT2D eigenvalue weighted by atomic mass is 79.9. The van der Waals surface area contributed by atoms with E-state index in [0.717, 1.165) is 4.47 Å². The van der Waals surface area contributed by atoms with E-state index in [1.165, 1.54) is 0 Å². The van der Waals surface area contributed by atoms with Crippen molar-refractivity contribution in [2.45, 2.75) is 0 Å². The number of pyridine rings is 1. The van der Waals surface area contributed by atoms with Crippen LogP contribution in [-0.2, 0) is 7.05 Å². The number of hydrogen-bond donors (Lipinski definition) is 1. The molecule has 0 saturated carbocycles. The fourth-order valence-electron chi connectivity index (χ4n) is 1.42. The summed E-state index contributed by atoms with van der Waals surface area (Å²) < 4.78 is 3.24. The zero-order valence-corrected chi connectivity index (χ0v) is 12.1. The molecule has 88 valence electrons. The summed E-state index contributed by atoms with van der Waals surface area (Å²) in [7, 11) is 1.82. The van der Waals surface area contributed by atoms with Gasteiger partial charge in [-0.05, 0) is 50.1 Å². The highest BCUT2D eigenvalue weighted by Gasteiger charge is 2.12. The van der Waals surface area contributed by atoms with Gasteiger partial charge < -0.3 is 9.88 Å². The summed E-state index contributed by atoms with van der Waals surface area (Å²) >= 11 is 6.61. The maximum atomic E-state index is 12.0. The summed E-state index contributed by atoms with van der Waals surface area (Å²) in [5.41, 5.74) is 1.22. The maximum Gasteiger partial charge on any atom is 0.272 e. The van der Waals surface area contributed by atoms with Crippen molar-refractivity contribution in [1.29, 1.82) is 0 Å². The molecule has 2 aromatic heterocycles. The van der Waals surface area contributed by atoms with Gasteiger partial charge in [0, 0.05) is 23.9 Å². The van der Waals surface area contributed by atoms with E-state index < -0.39 is 0 Å². The van der Waals surface area contributed by atoms with Crippen LogP contribution >= 0.6 is 31.9 Å². The molecule has 0 radical (unpaired) electrons. The third kappa shape index (κ3) is 2.76. The molecule has 0 aromatic carbocycles. The highest BCUT2D eigenvalue weighted by Crippen LogP contribution is 2.20. The molecule has 2 heterocycles. The summed E-state index contributed by atoms with van der Waals surface area (Å²) in [6, 6.07) is 5.31. The van der Waals surface area contributed by atoms with Crippen LogP contribution in [0.15, 0.2) is 39.7 Å². The lowest BCUT2D eigenvalue weighted by Gasteiger charge is -2.06. The first-order valence-corrected chi connectivity index (χ1v) is 6.40. The van der Waals surface area contributed by atoms with Crippen LogP contribution in [0, 0.1) is 0 Å². The first-order valence-electron chi connectivity index (χ1n) is 4.81. The van der Waals surface area contributed by atoms with Crippen molar-refractivity contribution in [3.8, 4) is 0 Å². The first-order chi connectivity index (χ1) is 8.08. The number of hydrogen-bond acceptors (Lipinski definition) is 2. The largest absolute Gasteiger partial charge is 0.345 e. The summed E-state index contributed by atoms with van der Waals surface area (Å²) in [6.07, 6.45) is 3.48. The molecule has 1 N–H and O–H groups in total. The highest BCUT2D eigenvalue weighted by molar-refractivity contribution is 9.10. The summed E-state index contributed by atoms with van der Waals surface area (Å²) in [4.78, 5) is 16.0. The predicted octanol–water partition coefficient (Wildman–Crippen LogP) is 3.20. The normalized spacial score (nSPS) is 10.3. The Labute approximate surface area is 115 Å². The lowest BCUT2D eigenvalue weighted by molar-refractivity contribution is 0.101. The molecule has 0 atom stereocenters. The van der Waals surface area contributed by atoms with Gasteiger partial charge in [0.05, 0.1) is 5.69 Å². The monoisotopic (exact) mass is 357 g/mol. The van der Waals surface area contributed by atoms with Gasteiger partial charge in [0.25, 0.3) is 5.91 Å². The average molecular weight is 359 g/mol. The summed E-state index contributed by atoms with van der Waals surface area (Å²) in [5, 5.41) is 2.79. The quantitative estimate of drug-likeness (QED) is 0.838. The van der Waals surface area contributed by atoms with E-state index in [9.17, 15) is 4.79 Å². The van der Waals surface area contributed by atoms with Crippen molar-refractivity contribution in [1.82, 2.24) is 9.55 Å². The Morgan fingerprint density at radius 3 is 2.82 bits per heavy atom. The maximum absolute atomic E-state index is 12.0. The Bertz CT molecular complexity index is 566. The smallest absolute Gasteiger partial charge is 0.272 e. The molecule has 2 aromatic rings. The van der Waals surface area contributed by atoms with Gasteiger partial charge in [-0.2, -0.15) is 0 Å². The third-order valence-electron chi connectivity index (χ3n) is 2.21. The lowest BCUT2D eigenvalue weighted by atomic mass is 10.3. The van der Waals surface area contributed by atoms with Gasteiger partial charge in [-0.3, -0.25) is 4.79 Å². The van der Waals surface area contributed by atoms with Crippen molar-refractivity contribution < 1.29 is 4.79 Å². The number of carbonyl (C=O) groups excluding carboxylic acids is 1. The Hall–Kier alpha value is -1.14. The summed E-state index contributed by atoms with van der Waals surface area (Å²) in [5.74, 6) is -0.174. The molecular weight excluding hydrogens is 350 g/mol. The minimum Gasteiger partial charge on any atom is -0.345 e. The van der Waals surface area contributed by atoms with Gasteiger partial charge in [-0.1, -0.05) is 0 Å². The Kier molecular flexibility index (Phi) is 3.63. The van der Waals surface area contributed by atoms with E-state index in [-0.39, 0.29) is 5.91 Å². The average Bonchev–Trinajstić information content (AvgIpc) is 2.61. The molecule has 0 aliphatic rings. The van der Waals surface area contributed by atoms with Crippen molar-refractivity contribution >= 4 is 43.5 Å². The van der Waals surface area contributed by atoms with E-state index in [1.54, 1.807) is 29.0 Å². The van der Waals surface area contributed by atoms with Crippen molar-refractivity contribution in [3.63, 3.8) is 0 Å². The molecule has 0 spiro atoms. The zero-order valence-electron chi connectivity index (χ0n) is 8.95. The second-order valence-electron chi connectivity index (χ2n) is 3.45. The van der Waals surface area contributed by atoms with Crippen LogP contribution in [-0.4, -0.2) is 15.5 Å². The second kappa shape index (κ2) is 5.01. The van der Waals surface area contributed by atoms with Gasteiger partial charge in [0.1, 0.15) is 10.3 Å². The van der Waals surface area contributed by atoms with E-state index in [2.05, 4.69) is 42.2 Å². The van der Waals surface area contributed by atoms with Gasteiger partial charge in [0.15, 0.2) is 0 Å². The number of amides is 1. The number of aryl methyl sites for hydroxylation is 1. The fourth-order valence-corrected chi connectivity index (χ4v) is 2.29. The number of nitrogens with zero attached hydrogens (tertiary/aromatic N) is 2. The molecule has 0 aliphatic carbocycles. The van der Waals surface area contributed by atoms with Crippen LogP contribution in [0.2, 0.25) is 0 Å². The molecule has 1 amide bonds. The molecule has 2 rings (SSSR count). The standard InChI is InChI=1S/C11H9Br2N3O/c1-16-6-7(12)5-9(16)11(17)15-8-3-2-4-14-10(8)13/h2-6H,1H3,(H,15,17). The topological polar surface area (TPSA) is 46.9 Å². The van der Waals surface area contributed by atoms with Crippen LogP contribution in [0.4, 0.5) is 5.69 Å². The minimum absolute atomic E-state index is 0.174. The number of rotatable bonds is 2. The summed E-state index contributed by atoms with van der Waals surface area (Å²) in [6.45, 7) is 0. The molecule has 0 unspecified atom stereocenters. The molecular formula is C11H9Br2N3O. The second-order valence-corrected chi connectivity index (χ2v) is 5.12. The van der Waals surface area contributed by atoms with Gasteiger partial charge >= 0.3 is 0 Å². The van der Waals surface area contributed by atoms with Gasteiger partial charge in [-0.15, -0.1) is 0 Å². The Morgan fingerprint density at radius 1 is 1.47 bits per heavy atom. The molecule has 6 heteroatoms. The minimum atomic E-state index is -0.174. The number of nitrogens with one attached hydrogen (secondary N) is 1. The Morgan fingerprint density at radius 2 is 2.24 bits per heavy atom. The lowest BCUT2D eigenvalue weighted by Crippen LogP contribution is -2.15. The third-order valence-corrected chi connectivity index (χ3v) is 3.28. The Balaban J connectivity index is 2.23. The SMILES string of the molecule is Cn1cc(Br)cc1C(=O)Nc1cccnc1Br. The number of anilines is 1. The van der Waals surface area contributed by atoms with E-state index in [4.69, 9.17) is 0 Å². The van der Waals surface area contributed by atoms with E-state index in [1.807, 2.05) is 13.2 Å². The van der Waals surface area contributed by atoms with Crippen molar-refractivity contribution in [2.75, 3.05) is 5.32 Å². The van der Waals surface area contributed by atoms with Gasteiger partial charge in [-0.25, -0.2) is 4.98 Å². The molecule has 4 nitrogen and oxygen atoms in total. The molecule has 0 bridgehead atoms. The molecule has 17 heavy (non-hydrogen) atoms.